The zero-order valence-corrected chi connectivity index (χ0v) is 13.6. The monoisotopic (exact) mass is 288 g/mol. The van der Waals surface area contributed by atoms with Crippen LogP contribution in [0.15, 0.2) is 18.2 Å². The van der Waals surface area contributed by atoms with Gasteiger partial charge < -0.3 is 10.6 Å². The summed E-state index contributed by atoms with van der Waals surface area (Å²) in [5.41, 5.74) is 3.22. The molecule has 1 aromatic rings. The molecular formula is C18H28N2O. The summed E-state index contributed by atoms with van der Waals surface area (Å²) < 4.78 is 0. The van der Waals surface area contributed by atoms with Crippen molar-refractivity contribution in [2.45, 2.75) is 52.9 Å². The van der Waals surface area contributed by atoms with E-state index in [1.165, 1.54) is 5.56 Å². The molecule has 21 heavy (non-hydrogen) atoms. The van der Waals surface area contributed by atoms with E-state index in [1.807, 2.05) is 0 Å². The predicted octanol–water partition coefficient (Wildman–Crippen LogP) is 3.67. The Balaban J connectivity index is 2.23. The maximum absolute atomic E-state index is 13.0. The van der Waals surface area contributed by atoms with E-state index in [0.717, 1.165) is 56.4 Å². The smallest absolute Gasteiger partial charge is 0.230 e. The number of benzene rings is 1. The Morgan fingerprint density at radius 3 is 2.62 bits per heavy atom. The van der Waals surface area contributed by atoms with Gasteiger partial charge in [-0.15, -0.1) is 0 Å². The third-order valence-corrected chi connectivity index (χ3v) is 4.75. The maximum atomic E-state index is 13.0. The second-order valence-electron chi connectivity index (χ2n) is 6.20. The minimum atomic E-state index is -0.187. The first kappa shape index (κ1) is 16.0. The Labute approximate surface area is 128 Å². The number of piperidine rings is 1. The zero-order valence-electron chi connectivity index (χ0n) is 13.6. The normalized spacial score (nSPS) is 17.5. The van der Waals surface area contributed by atoms with Crippen molar-refractivity contribution in [3.05, 3.63) is 29.3 Å². The fourth-order valence-electron chi connectivity index (χ4n) is 3.42. The van der Waals surface area contributed by atoms with Crippen molar-refractivity contribution in [3.8, 4) is 0 Å². The van der Waals surface area contributed by atoms with E-state index in [2.05, 4.69) is 49.6 Å². The van der Waals surface area contributed by atoms with Crippen LogP contribution in [0, 0.1) is 12.3 Å². The van der Waals surface area contributed by atoms with Crippen LogP contribution in [-0.2, 0) is 11.2 Å². The number of rotatable bonds is 5. The topological polar surface area (TPSA) is 41.1 Å². The van der Waals surface area contributed by atoms with Crippen LogP contribution >= 0.6 is 0 Å². The molecule has 0 bridgehead atoms. The number of amides is 1. The fraction of sp³-hybridized carbons (Fsp3) is 0.611. The highest BCUT2D eigenvalue weighted by Crippen LogP contribution is 2.36. The molecule has 3 heteroatoms. The molecule has 1 fully saturated rings. The van der Waals surface area contributed by atoms with Crippen molar-refractivity contribution in [1.29, 1.82) is 0 Å². The quantitative estimate of drug-likeness (QED) is 0.868. The summed E-state index contributed by atoms with van der Waals surface area (Å²) in [5.74, 6) is 0.217. The lowest BCUT2D eigenvalue weighted by Crippen LogP contribution is -2.45. The molecule has 2 rings (SSSR count). The number of para-hydroxylation sites is 1. The summed E-state index contributed by atoms with van der Waals surface area (Å²) in [6.45, 7) is 8.27. The molecule has 0 spiro atoms. The van der Waals surface area contributed by atoms with Crippen molar-refractivity contribution >= 4 is 11.6 Å². The van der Waals surface area contributed by atoms with Crippen LogP contribution in [-0.4, -0.2) is 19.0 Å². The lowest BCUT2D eigenvalue weighted by molar-refractivity contribution is -0.127. The molecule has 1 aliphatic heterocycles. The molecule has 3 nitrogen and oxygen atoms in total. The molecule has 116 valence electrons. The van der Waals surface area contributed by atoms with Gasteiger partial charge in [-0.2, -0.15) is 0 Å². The Morgan fingerprint density at radius 1 is 1.29 bits per heavy atom. The maximum Gasteiger partial charge on any atom is 0.230 e. The molecule has 0 radical (unpaired) electrons. The standard InChI is InChI=1S/C18H28N2O/c1-4-9-18(10-12-19-13-11-18)17(21)20-16-14(3)7-6-8-15(16)5-2/h6-8,19H,4-5,9-13H2,1-3H3,(H,20,21). The molecule has 0 unspecified atom stereocenters. The summed E-state index contributed by atoms with van der Waals surface area (Å²) in [6, 6.07) is 6.25. The lowest BCUT2D eigenvalue weighted by Gasteiger charge is -2.36. The number of carbonyl (C=O) groups is 1. The van der Waals surface area contributed by atoms with E-state index in [-0.39, 0.29) is 11.3 Å². The Morgan fingerprint density at radius 2 is 2.00 bits per heavy atom. The number of hydrogen-bond acceptors (Lipinski definition) is 2. The van der Waals surface area contributed by atoms with Crippen molar-refractivity contribution in [2.24, 2.45) is 5.41 Å². The molecule has 1 heterocycles. The molecular weight excluding hydrogens is 260 g/mol. The molecule has 1 saturated heterocycles. The van der Waals surface area contributed by atoms with Gasteiger partial charge in [0.15, 0.2) is 0 Å². The molecule has 0 atom stereocenters. The Kier molecular flexibility index (Phi) is 5.40. The van der Waals surface area contributed by atoms with Crippen LogP contribution in [0.2, 0.25) is 0 Å². The number of nitrogens with one attached hydrogen (secondary N) is 2. The Bertz CT molecular complexity index is 484. The van der Waals surface area contributed by atoms with Crippen LogP contribution in [0.25, 0.3) is 0 Å². The van der Waals surface area contributed by atoms with Crippen molar-refractivity contribution in [1.82, 2.24) is 5.32 Å². The third kappa shape index (κ3) is 3.46. The van der Waals surface area contributed by atoms with E-state index in [4.69, 9.17) is 0 Å². The van der Waals surface area contributed by atoms with Gasteiger partial charge in [-0.3, -0.25) is 4.79 Å². The van der Waals surface area contributed by atoms with Gasteiger partial charge in [0.2, 0.25) is 5.91 Å². The van der Waals surface area contributed by atoms with E-state index in [9.17, 15) is 4.79 Å². The highest BCUT2D eigenvalue weighted by molar-refractivity contribution is 5.96. The van der Waals surface area contributed by atoms with Crippen molar-refractivity contribution in [2.75, 3.05) is 18.4 Å². The summed E-state index contributed by atoms with van der Waals surface area (Å²) in [7, 11) is 0. The highest BCUT2D eigenvalue weighted by Gasteiger charge is 2.38. The molecule has 0 aromatic heterocycles. The van der Waals surface area contributed by atoms with Crippen LogP contribution in [0.3, 0.4) is 0 Å². The number of anilines is 1. The molecule has 1 aromatic carbocycles. The second-order valence-corrected chi connectivity index (χ2v) is 6.20. The summed E-state index contributed by atoms with van der Waals surface area (Å²) in [4.78, 5) is 13.0. The van der Waals surface area contributed by atoms with E-state index in [1.54, 1.807) is 0 Å². The van der Waals surface area contributed by atoms with Crippen molar-refractivity contribution in [3.63, 3.8) is 0 Å². The average molecular weight is 288 g/mol. The molecule has 0 aliphatic carbocycles. The highest BCUT2D eigenvalue weighted by atomic mass is 16.2. The van der Waals surface area contributed by atoms with Gasteiger partial charge in [-0.25, -0.2) is 0 Å². The minimum Gasteiger partial charge on any atom is -0.325 e. The Hall–Kier alpha value is -1.35. The first-order chi connectivity index (χ1) is 10.1. The number of carbonyl (C=O) groups excluding carboxylic acids is 1. The van der Waals surface area contributed by atoms with Crippen LogP contribution < -0.4 is 10.6 Å². The van der Waals surface area contributed by atoms with Gasteiger partial charge in [0.1, 0.15) is 0 Å². The van der Waals surface area contributed by atoms with E-state index in [0.29, 0.717) is 0 Å². The van der Waals surface area contributed by atoms with Crippen molar-refractivity contribution < 1.29 is 4.79 Å². The van der Waals surface area contributed by atoms with Gasteiger partial charge in [-0.05, 0) is 56.8 Å². The minimum absolute atomic E-state index is 0.187. The molecule has 1 amide bonds. The SMILES string of the molecule is CCCC1(C(=O)Nc2c(C)cccc2CC)CCNCC1. The van der Waals surface area contributed by atoms with Crippen LogP contribution in [0.5, 0.6) is 0 Å². The van der Waals surface area contributed by atoms with Gasteiger partial charge >= 0.3 is 0 Å². The fourth-order valence-corrected chi connectivity index (χ4v) is 3.42. The van der Waals surface area contributed by atoms with Gasteiger partial charge in [0.05, 0.1) is 5.41 Å². The van der Waals surface area contributed by atoms with Crippen LogP contribution in [0.4, 0.5) is 5.69 Å². The second kappa shape index (κ2) is 7.08. The zero-order chi connectivity index (χ0) is 15.3. The number of hydrogen-bond donors (Lipinski definition) is 2. The average Bonchev–Trinajstić information content (AvgIpc) is 2.50. The van der Waals surface area contributed by atoms with Gasteiger partial charge in [-0.1, -0.05) is 38.5 Å². The first-order valence-corrected chi connectivity index (χ1v) is 8.23. The third-order valence-electron chi connectivity index (χ3n) is 4.75. The van der Waals surface area contributed by atoms with Crippen LogP contribution in [0.1, 0.15) is 50.7 Å². The molecule has 0 saturated carbocycles. The summed E-state index contributed by atoms with van der Waals surface area (Å²) in [5, 5.41) is 6.63. The van der Waals surface area contributed by atoms with E-state index >= 15 is 0 Å². The largest absolute Gasteiger partial charge is 0.325 e. The summed E-state index contributed by atoms with van der Waals surface area (Å²) in [6.07, 6.45) is 4.87. The van der Waals surface area contributed by atoms with Gasteiger partial charge in [0.25, 0.3) is 0 Å². The predicted molar refractivity (Wildman–Crippen MR) is 88.6 cm³/mol. The number of aryl methyl sites for hydroxylation is 2. The molecule has 2 N–H and O–H groups in total. The summed E-state index contributed by atoms with van der Waals surface area (Å²) >= 11 is 0. The lowest BCUT2D eigenvalue weighted by atomic mass is 9.74. The first-order valence-electron chi connectivity index (χ1n) is 8.23. The molecule has 1 aliphatic rings. The van der Waals surface area contributed by atoms with E-state index < -0.39 is 0 Å². The van der Waals surface area contributed by atoms with Gasteiger partial charge in [0, 0.05) is 5.69 Å².